The second-order valence-corrected chi connectivity index (χ2v) is 13.2. The number of nitrogens with two attached hydrogens (primary N) is 1. The highest BCUT2D eigenvalue weighted by Gasteiger charge is 2.69. The lowest BCUT2D eigenvalue weighted by atomic mass is 9.80. The smallest absolute Gasteiger partial charge is 0.407 e. The normalized spacial score (nSPS) is 27.6. The zero-order valence-corrected chi connectivity index (χ0v) is 23.9. The molecule has 3 saturated carbocycles. The van der Waals surface area contributed by atoms with Crippen LogP contribution >= 0.6 is 0 Å². The van der Waals surface area contributed by atoms with Gasteiger partial charge in [0, 0.05) is 6.54 Å². The fourth-order valence-electron chi connectivity index (χ4n) is 6.97. The van der Waals surface area contributed by atoms with Crippen LogP contribution in [0.25, 0.3) is 0 Å². The number of amides is 4. The SMILES string of the molecule is CC(C)COC(=O)N[C@H](C(=O)N1C[C@@H]2[C@H]([C@H]1C(=O)NC(CC1CCC1)C(=O)C(N)=O)C2(C)C)C1CCCCC1. The minimum atomic E-state index is -1.06. The predicted molar refractivity (Wildman–Crippen MR) is 144 cm³/mol. The van der Waals surface area contributed by atoms with Crippen molar-refractivity contribution in [3.8, 4) is 0 Å². The molecule has 0 bridgehead atoms. The number of ketones is 1. The van der Waals surface area contributed by atoms with E-state index >= 15 is 0 Å². The van der Waals surface area contributed by atoms with Gasteiger partial charge in [0.15, 0.2) is 0 Å². The third-order valence-electron chi connectivity index (χ3n) is 9.64. The third-order valence-corrected chi connectivity index (χ3v) is 9.64. The summed E-state index contributed by atoms with van der Waals surface area (Å²) in [4.78, 5) is 66.5. The van der Waals surface area contributed by atoms with Crippen molar-refractivity contribution in [2.24, 2.45) is 40.7 Å². The number of carbonyl (C=O) groups excluding carboxylic acids is 5. The van der Waals surface area contributed by atoms with Crippen molar-refractivity contribution in [3.05, 3.63) is 0 Å². The summed E-state index contributed by atoms with van der Waals surface area (Å²) in [6.45, 7) is 8.73. The molecule has 10 nitrogen and oxygen atoms in total. The lowest BCUT2D eigenvalue weighted by molar-refractivity contribution is -0.144. The van der Waals surface area contributed by atoms with Gasteiger partial charge in [-0.2, -0.15) is 0 Å². The largest absolute Gasteiger partial charge is 0.449 e. The first-order valence-electron chi connectivity index (χ1n) is 14.8. The van der Waals surface area contributed by atoms with E-state index < -0.39 is 41.8 Å². The first-order valence-corrected chi connectivity index (χ1v) is 14.8. The van der Waals surface area contributed by atoms with Crippen LogP contribution in [0.5, 0.6) is 0 Å². The molecule has 10 heteroatoms. The number of piperidine rings is 1. The Bertz CT molecular complexity index is 971. The van der Waals surface area contributed by atoms with E-state index in [4.69, 9.17) is 10.5 Å². The van der Waals surface area contributed by atoms with E-state index in [0.29, 0.717) is 13.0 Å². The summed E-state index contributed by atoms with van der Waals surface area (Å²) in [6, 6.07) is -2.54. The van der Waals surface area contributed by atoms with Gasteiger partial charge < -0.3 is 26.0 Å². The maximum absolute atomic E-state index is 14.1. The summed E-state index contributed by atoms with van der Waals surface area (Å²) in [5.74, 6) is -2.08. The number of rotatable bonds is 11. The highest BCUT2D eigenvalue weighted by atomic mass is 16.5. The predicted octanol–water partition coefficient (Wildman–Crippen LogP) is 2.53. The van der Waals surface area contributed by atoms with Crippen LogP contribution in [-0.4, -0.2) is 65.8 Å². The number of Topliss-reactive ketones (excluding diaryl/α,β-unsaturated/α-hetero) is 1. The topological polar surface area (TPSA) is 148 Å². The van der Waals surface area contributed by atoms with Gasteiger partial charge in [-0.3, -0.25) is 19.2 Å². The molecule has 0 spiro atoms. The minimum absolute atomic E-state index is 0.0331. The number of nitrogens with zero attached hydrogens (tertiary/aromatic N) is 1. The number of hydrogen-bond acceptors (Lipinski definition) is 6. The van der Waals surface area contributed by atoms with Gasteiger partial charge in [0.2, 0.25) is 17.6 Å². The number of primary amides is 1. The van der Waals surface area contributed by atoms with Gasteiger partial charge in [0.25, 0.3) is 5.91 Å². The van der Waals surface area contributed by atoms with Gasteiger partial charge in [-0.05, 0) is 54.3 Å². The van der Waals surface area contributed by atoms with Gasteiger partial charge in [-0.1, -0.05) is 66.2 Å². The van der Waals surface area contributed by atoms with Crippen LogP contribution in [0.4, 0.5) is 4.79 Å². The molecule has 4 fully saturated rings. The molecule has 4 N–H and O–H groups in total. The maximum Gasteiger partial charge on any atom is 0.407 e. The van der Waals surface area contributed by atoms with Crippen LogP contribution in [-0.2, 0) is 23.9 Å². The first kappa shape index (κ1) is 29.3. The van der Waals surface area contributed by atoms with Crippen molar-refractivity contribution in [2.45, 2.75) is 104 Å². The fourth-order valence-corrected chi connectivity index (χ4v) is 6.97. The average molecular weight is 547 g/mol. The molecule has 1 saturated heterocycles. The fraction of sp³-hybridized carbons (Fsp3) is 0.828. The lowest BCUT2D eigenvalue weighted by Crippen LogP contribution is -2.59. The zero-order valence-electron chi connectivity index (χ0n) is 23.9. The summed E-state index contributed by atoms with van der Waals surface area (Å²) in [7, 11) is 0. The standard InChI is InChI=1S/C29H46N4O6/c1-16(2)15-39-28(38)32-22(18-11-6-5-7-12-18)27(37)33-14-19-21(29(19,3)4)23(33)26(36)31-20(24(34)25(30)35)13-17-9-8-10-17/h16-23H,5-15H2,1-4H3,(H2,30,35)(H,31,36)(H,32,38)/t19-,20?,21-,22+,23+/m1/s1. The van der Waals surface area contributed by atoms with Crippen LogP contribution < -0.4 is 16.4 Å². The molecule has 4 rings (SSSR count). The van der Waals surface area contributed by atoms with Crippen LogP contribution in [0.2, 0.25) is 0 Å². The van der Waals surface area contributed by atoms with Gasteiger partial charge in [-0.15, -0.1) is 0 Å². The van der Waals surface area contributed by atoms with Gasteiger partial charge >= 0.3 is 6.09 Å². The minimum Gasteiger partial charge on any atom is -0.449 e. The van der Waals surface area contributed by atoms with E-state index in [-0.39, 0.29) is 47.5 Å². The molecule has 1 unspecified atom stereocenters. The van der Waals surface area contributed by atoms with Gasteiger partial charge in [-0.25, -0.2) is 4.79 Å². The molecule has 39 heavy (non-hydrogen) atoms. The number of ether oxygens (including phenoxy) is 1. The van der Waals surface area contributed by atoms with Crippen LogP contribution in [0, 0.1) is 35.0 Å². The average Bonchev–Trinajstić information content (AvgIpc) is 3.19. The molecule has 4 aliphatic rings. The van der Waals surface area contributed by atoms with Crippen LogP contribution in [0.1, 0.15) is 85.5 Å². The van der Waals surface area contributed by atoms with Crippen LogP contribution in [0.3, 0.4) is 0 Å². The maximum atomic E-state index is 14.1. The number of likely N-dealkylation sites (tertiary alicyclic amines) is 1. The summed E-state index contributed by atoms with van der Waals surface area (Å²) < 4.78 is 5.35. The second kappa shape index (κ2) is 11.8. The molecule has 0 aromatic rings. The Morgan fingerprint density at radius 3 is 2.21 bits per heavy atom. The number of fused-ring (bicyclic) bond motifs is 1. The van der Waals surface area contributed by atoms with Crippen LogP contribution in [0.15, 0.2) is 0 Å². The van der Waals surface area contributed by atoms with Crippen molar-refractivity contribution >= 4 is 29.6 Å². The zero-order chi connectivity index (χ0) is 28.5. The molecule has 218 valence electrons. The third kappa shape index (κ3) is 6.40. The monoisotopic (exact) mass is 546 g/mol. The van der Waals surface area contributed by atoms with E-state index in [1.54, 1.807) is 4.90 Å². The van der Waals surface area contributed by atoms with Crippen molar-refractivity contribution < 1.29 is 28.7 Å². The molecule has 0 aromatic heterocycles. The van der Waals surface area contributed by atoms with E-state index in [9.17, 15) is 24.0 Å². The van der Waals surface area contributed by atoms with E-state index in [1.807, 2.05) is 13.8 Å². The van der Waals surface area contributed by atoms with Crippen molar-refractivity contribution in [2.75, 3.05) is 13.2 Å². The van der Waals surface area contributed by atoms with Crippen molar-refractivity contribution in [1.29, 1.82) is 0 Å². The van der Waals surface area contributed by atoms with Crippen molar-refractivity contribution in [1.82, 2.24) is 15.5 Å². The van der Waals surface area contributed by atoms with E-state index in [1.165, 1.54) is 0 Å². The molecule has 3 aliphatic carbocycles. The van der Waals surface area contributed by atoms with E-state index in [2.05, 4.69) is 24.5 Å². The highest BCUT2D eigenvalue weighted by molar-refractivity contribution is 6.37. The Morgan fingerprint density at radius 2 is 1.64 bits per heavy atom. The Morgan fingerprint density at radius 1 is 0.974 bits per heavy atom. The first-order chi connectivity index (χ1) is 18.4. The van der Waals surface area contributed by atoms with Gasteiger partial charge in [0.05, 0.1) is 12.6 Å². The van der Waals surface area contributed by atoms with E-state index in [0.717, 1.165) is 51.4 Å². The molecule has 1 heterocycles. The number of hydrogen-bond donors (Lipinski definition) is 3. The summed E-state index contributed by atoms with van der Waals surface area (Å²) in [5, 5.41) is 5.66. The second-order valence-electron chi connectivity index (χ2n) is 13.2. The lowest BCUT2D eigenvalue weighted by Gasteiger charge is -2.37. The van der Waals surface area contributed by atoms with Crippen molar-refractivity contribution in [3.63, 3.8) is 0 Å². The quantitative estimate of drug-likeness (QED) is 0.339. The summed E-state index contributed by atoms with van der Waals surface area (Å²) >= 11 is 0. The Kier molecular flexibility index (Phi) is 8.91. The Hall–Kier alpha value is -2.65. The summed E-state index contributed by atoms with van der Waals surface area (Å²) in [6.07, 6.45) is 7.42. The number of carbonyl (C=O) groups is 5. The Labute approximate surface area is 231 Å². The highest BCUT2D eigenvalue weighted by Crippen LogP contribution is 2.65. The Balaban J connectivity index is 1.53. The molecule has 5 atom stereocenters. The summed E-state index contributed by atoms with van der Waals surface area (Å²) in [5.41, 5.74) is 5.19. The molecule has 0 radical (unpaired) electrons. The molecule has 0 aromatic carbocycles. The van der Waals surface area contributed by atoms with Gasteiger partial charge in [0.1, 0.15) is 12.1 Å². The molecular formula is C29H46N4O6. The molecule has 1 aliphatic heterocycles. The number of alkyl carbamates (subject to hydrolysis) is 1. The molecular weight excluding hydrogens is 500 g/mol. The molecule has 4 amide bonds. The number of nitrogens with one attached hydrogen (secondary N) is 2.